The molecule has 4 nitrogen and oxygen atoms in total. The maximum atomic E-state index is 5.80. The largest absolute Gasteiger partial charge is 0.271 e. The van der Waals surface area contributed by atoms with Crippen molar-refractivity contribution in [2.45, 2.75) is 52.6 Å². The van der Waals surface area contributed by atoms with E-state index in [0.717, 1.165) is 36.0 Å². The number of hydrogen-bond acceptors (Lipinski definition) is 4. The average Bonchev–Trinajstić information content (AvgIpc) is 3.09. The zero-order valence-electron chi connectivity index (χ0n) is 12.8. The molecule has 2 heterocycles. The molecule has 0 aliphatic rings. The Morgan fingerprint density at radius 2 is 2.10 bits per heavy atom. The Hall–Kier alpha value is -0.690. The Balaban J connectivity index is 2.27. The van der Waals surface area contributed by atoms with Gasteiger partial charge in [0, 0.05) is 22.7 Å². The number of halogens is 1. The van der Waals surface area contributed by atoms with E-state index in [0.29, 0.717) is 0 Å². The van der Waals surface area contributed by atoms with Gasteiger partial charge >= 0.3 is 0 Å². The van der Waals surface area contributed by atoms with E-state index >= 15 is 0 Å². The third-order valence-corrected chi connectivity index (χ3v) is 5.93. The van der Waals surface area contributed by atoms with Gasteiger partial charge in [0.1, 0.15) is 0 Å². The summed E-state index contributed by atoms with van der Waals surface area (Å²) in [6, 6.07) is 4.49. The van der Waals surface area contributed by atoms with Crippen molar-refractivity contribution in [3.05, 3.63) is 37.7 Å². The first-order valence-electron chi connectivity index (χ1n) is 7.43. The Labute approximate surface area is 138 Å². The molecule has 6 heteroatoms. The quantitative estimate of drug-likeness (QED) is 0.578. The van der Waals surface area contributed by atoms with Crippen LogP contribution >= 0.6 is 27.3 Å². The first-order valence-corrected chi connectivity index (χ1v) is 9.04. The second-order valence-corrected chi connectivity index (χ2v) is 6.95. The minimum atomic E-state index is 0.123. The van der Waals surface area contributed by atoms with E-state index in [1.165, 1.54) is 15.4 Å². The number of rotatable bonds is 7. The third-order valence-electron chi connectivity index (χ3n) is 3.67. The number of thiophene rings is 1. The van der Waals surface area contributed by atoms with Gasteiger partial charge in [-0.2, -0.15) is 5.10 Å². The predicted molar refractivity (Wildman–Crippen MR) is 92.4 cm³/mol. The first kappa shape index (κ1) is 16.7. The summed E-state index contributed by atoms with van der Waals surface area (Å²) < 4.78 is 3.20. The summed E-state index contributed by atoms with van der Waals surface area (Å²) in [5.74, 6) is 5.80. The molecule has 0 radical (unpaired) electrons. The van der Waals surface area contributed by atoms with Crippen molar-refractivity contribution in [1.29, 1.82) is 0 Å². The molecule has 0 fully saturated rings. The molecule has 0 amide bonds. The van der Waals surface area contributed by atoms with Gasteiger partial charge in [-0.25, -0.2) is 0 Å². The average molecular weight is 371 g/mol. The number of aromatic nitrogens is 2. The summed E-state index contributed by atoms with van der Waals surface area (Å²) in [5, 5.41) is 4.65. The summed E-state index contributed by atoms with van der Waals surface area (Å²) in [7, 11) is 0. The lowest BCUT2D eigenvalue weighted by Gasteiger charge is -2.15. The van der Waals surface area contributed by atoms with Crippen molar-refractivity contribution >= 4 is 27.3 Å². The minimum Gasteiger partial charge on any atom is -0.271 e. The van der Waals surface area contributed by atoms with E-state index in [4.69, 9.17) is 5.84 Å². The number of nitrogens with one attached hydrogen (secondary N) is 1. The lowest BCUT2D eigenvalue weighted by Crippen LogP contribution is -2.29. The van der Waals surface area contributed by atoms with Crippen molar-refractivity contribution in [3.63, 3.8) is 0 Å². The molecule has 3 N–H and O–H groups in total. The van der Waals surface area contributed by atoms with E-state index in [2.05, 4.69) is 64.0 Å². The highest BCUT2D eigenvalue weighted by atomic mass is 79.9. The number of aryl methyl sites for hydroxylation is 3. The zero-order chi connectivity index (χ0) is 15.4. The smallest absolute Gasteiger partial charge is 0.0766 e. The third kappa shape index (κ3) is 3.56. The van der Waals surface area contributed by atoms with Crippen LogP contribution in [0.1, 0.15) is 48.0 Å². The number of nitrogens with zero attached hydrogens (tertiary/aromatic N) is 2. The molecule has 0 aliphatic heterocycles. The first-order chi connectivity index (χ1) is 10.1. The normalized spacial score (nSPS) is 12.8. The molecule has 21 heavy (non-hydrogen) atoms. The lowest BCUT2D eigenvalue weighted by molar-refractivity contribution is 0.521. The standard InChI is InChI=1S/C15H23BrN4S/c1-4-10-7-8-14(21-10)12(18-17)9-13-15(16)11(5-2)19-20(13)6-3/h7-8,12,18H,4-6,9,17H2,1-3H3. The van der Waals surface area contributed by atoms with Crippen LogP contribution in [0, 0.1) is 0 Å². The maximum absolute atomic E-state index is 5.80. The Morgan fingerprint density at radius 3 is 2.62 bits per heavy atom. The van der Waals surface area contributed by atoms with Gasteiger partial charge in [-0.3, -0.25) is 16.0 Å². The van der Waals surface area contributed by atoms with E-state index < -0.39 is 0 Å². The number of hydrazine groups is 1. The van der Waals surface area contributed by atoms with Gasteiger partial charge in [-0.05, 0) is 47.8 Å². The molecule has 2 rings (SSSR count). The van der Waals surface area contributed by atoms with Crippen molar-refractivity contribution in [3.8, 4) is 0 Å². The summed E-state index contributed by atoms with van der Waals surface area (Å²) in [5.41, 5.74) is 5.28. The molecule has 2 aromatic rings. The summed E-state index contributed by atoms with van der Waals surface area (Å²) in [4.78, 5) is 2.67. The van der Waals surface area contributed by atoms with Gasteiger partial charge in [0.15, 0.2) is 0 Å². The Morgan fingerprint density at radius 1 is 1.33 bits per heavy atom. The molecule has 0 saturated carbocycles. The van der Waals surface area contributed by atoms with Gasteiger partial charge in [-0.15, -0.1) is 11.3 Å². The molecule has 2 aromatic heterocycles. The Bertz CT molecular complexity index is 591. The molecule has 0 aromatic carbocycles. The van der Waals surface area contributed by atoms with Crippen LogP contribution in [-0.2, 0) is 25.8 Å². The van der Waals surface area contributed by atoms with Crippen LogP contribution in [0.25, 0.3) is 0 Å². The van der Waals surface area contributed by atoms with Crippen molar-refractivity contribution in [1.82, 2.24) is 15.2 Å². The highest BCUT2D eigenvalue weighted by molar-refractivity contribution is 9.10. The van der Waals surface area contributed by atoms with E-state index in [1.54, 1.807) is 0 Å². The van der Waals surface area contributed by atoms with Crippen molar-refractivity contribution in [2.75, 3.05) is 0 Å². The molecule has 0 aliphatic carbocycles. The van der Waals surface area contributed by atoms with Crippen molar-refractivity contribution < 1.29 is 0 Å². The fourth-order valence-electron chi connectivity index (χ4n) is 2.42. The van der Waals surface area contributed by atoms with Crippen molar-refractivity contribution in [2.24, 2.45) is 5.84 Å². The minimum absolute atomic E-state index is 0.123. The van der Waals surface area contributed by atoms with Gasteiger partial charge in [0.2, 0.25) is 0 Å². The SMILES string of the molecule is CCc1ccc(C(Cc2c(Br)c(CC)nn2CC)NN)s1. The molecule has 116 valence electrons. The monoisotopic (exact) mass is 370 g/mol. The molecular weight excluding hydrogens is 348 g/mol. The zero-order valence-corrected chi connectivity index (χ0v) is 15.2. The lowest BCUT2D eigenvalue weighted by atomic mass is 10.1. The fourth-order valence-corrected chi connectivity index (χ4v) is 4.16. The van der Waals surface area contributed by atoms with Gasteiger partial charge in [0.05, 0.1) is 21.9 Å². The molecule has 0 bridgehead atoms. The second-order valence-electron chi connectivity index (χ2n) is 4.96. The van der Waals surface area contributed by atoms with E-state index in [9.17, 15) is 0 Å². The van der Waals surface area contributed by atoms with Gasteiger partial charge in [0.25, 0.3) is 0 Å². The number of hydrogen-bond donors (Lipinski definition) is 2. The van der Waals surface area contributed by atoms with Crippen LogP contribution in [0.5, 0.6) is 0 Å². The summed E-state index contributed by atoms with van der Waals surface area (Å²) >= 11 is 5.53. The van der Waals surface area contributed by atoms with Crippen LogP contribution in [-0.4, -0.2) is 9.78 Å². The predicted octanol–water partition coefficient (Wildman–Crippen LogP) is 3.60. The molecule has 0 spiro atoms. The van der Waals surface area contributed by atoms with Gasteiger partial charge < -0.3 is 0 Å². The summed E-state index contributed by atoms with van der Waals surface area (Å²) in [6.45, 7) is 7.29. The van der Waals surface area contributed by atoms with E-state index in [1.807, 2.05) is 11.3 Å². The van der Waals surface area contributed by atoms with Crippen LogP contribution in [0.3, 0.4) is 0 Å². The molecule has 0 saturated heterocycles. The Kier molecular flexibility index (Phi) is 5.98. The topological polar surface area (TPSA) is 55.9 Å². The highest BCUT2D eigenvalue weighted by Gasteiger charge is 2.20. The second kappa shape index (κ2) is 7.54. The maximum Gasteiger partial charge on any atom is 0.0766 e. The number of nitrogens with two attached hydrogens (primary N) is 1. The van der Waals surface area contributed by atoms with Crippen LogP contribution in [0.4, 0.5) is 0 Å². The van der Waals surface area contributed by atoms with Gasteiger partial charge in [-0.1, -0.05) is 13.8 Å². The van der Waals surface area contributed by atoms with Crippen LogP contribution < -0.4 is 11.3 Å². The molecular formula is C15H23BrN4S. The molecule has 1 atom stereocenters. The highest BCUT2D eigenvalue weighted by Crippen LogP contribution is 2.30. The van der Waals surface area contributed by atoms with E-state index in [-0.39, 0.29) is 6.04 Å². The van der Waals surface area contributed by atoms with Crippen LogP contribution in [0.15, 0.2) is 16.6 Å². The summed E-state index contributed by atoms with van der Waals surface area (Å²) in [6.07, 6.45) is 2.83. The van der Waals surface area contributed by atoms with Crippen LogP contribution in [0.2, 0.25) is 0 Å². The molecule has 1 unspecified atom stereocenters. The fraction of sp³-hybridized carbons (Fsp3) is 0.533.